The van der Waals surface area contributed by atoms with Crippen LogP contribution >= 0.6 is 0 Å². The van der Waals surface area contributed by atoms with E-state index in [1.165, 1.54) is 36.8 Å². The number of nitrogens with one attached hydrogen (secondary N) is 1. The molecule has 0 saturated heterocycles. The van der Waals surface area contributed by atoms with Gasteiger partial charge in [-0.3, -0.25) is 0 Å². The van der Waals surface area contributed by atoms with E-state index >= 15 is 0 Å². The van der Waals surface area contributed by atoms with Crippen molar-refractivity contribution in [2.24, 2.45) is 17.3 Å². The maximum Gasteiger partial charge on any atom is 0.0596 e. The first-order chi connectivity index (χ1) is 9.59. The summed E-state index contributed by atoms with van der Waals surface area (Å²) in [6.45, 7) is 2.33. The molecule has 3 aliphatic rings. The van der Waals surface area contributed by atoms with Gasteiger partial charge in [0.15, 0.2) is 0 Å². The van der Waals surface area contributed by atoms with E-state index < -0.39 is 0 Å². The van der Waals surface area contributed by atoms with Gasteiger partial charge in [-0.2, -0.15) is 0 Å². The van der Waals surface area contributed by atoms with Crippen molar-refractivity contribution in [1.82, 2.24) is 5.73 Å². The SMILES string of the molecule is C[C@]12CCC3c4ccc([NH])cc4CCC3C1CCC2O. The molecule has 107 valence electrons. The molecule has 0 aromatic heterocycles. The van der Waals surface area contributed by atoms with Gasteiger partial charge in [0.2, 0.25) is 0 Å². The van der Waals surface area contributed by atoms with Gasteiger partial charge in [0.25, 0.3) is 0 Å². The van der Waals surface area contributed by atoms with Crippen LogP contribution < -0.4 is 5.73 Å². The van der Waals surface area contributed by atoms with Gasteiger partial charge in [0.05, 0.1) is 11.8 Å². The van der Waals surface area contributed by atoms with Gasteiger partial charge in [0.1, 0.15) is 0 Å². The lowest BCUT2D eigenvalue weighted by molar-refractivity contribution is -0.0226. The number of hydrogen-bond acceptors (Lipinski definition) is 1. The molecule has 1 aromatic rings. The van der Waals surface area contributed by atoms with Crippen molar-refractivity contribution in [2.75, 3.05) is 0 Å². The van der Waals surface area contributed by atoms with Crippen molar-refractivity contribution in [3.8, 4) is 0 Å². The molecule has 0 bridgehead atoms. The van der Waals surface area contributed by atoms with Gasteiger partial charge in [-0.05, 0) is 85.0 Å². The first kappa shape index (κ1) is 12.7. The van der Waals surface area contributed by atoms with Crippen LogP contribution in [0.3, 0.4) is 0 Å². The highest BCUT2D eigenvalue weighted by atomic mass is 16.3. The third-order valence-electron chi connectivity index (χ3n) is 6.68. The Kier molecular flexibility index (Phi) is 2.69. The zero-order valence-corrected chi connectivity index (χ0v) is 12.2. The molecule has 0 spiro atoms. The molecule has 0 amide bonds. The Labute approximate surface area is 121 Å². The Morgan fingerprint density at radius 3 is 2.90 bits per heavy atom. The van der Waals surface area contributed by atoms with Crippen LogP contribution in [-0.4, -0.2) is 11.2 Å². The molecule has 4 rings (SSSR count). The number of aliphatic hydroxyl groups excluding tert-OH is 1. The van der Waals surface area contributed by atoms with Crippen LogP contribution in [0.4, 0.5) is 5.69 Å². The van der Waals surface area contributed by atoms with E-state index in [-0.39, 0.29) is 11.5 Å². The Hall–Kier alpha value is -1.02. The maximum atomic E-state index is 10.4. The van der Waals surface area contributed by atoms with Gasteiger partial charge in [-0.15, -0.1) is 0 Å². The number of rotatable bonds is 0. The minimum Gasteiger partial charge on any atom is -0.393 e. The van der Waals surface area contributed by atoms with Crippen LogP contribution in [0, 0.1) is 17.3 Å². The predicted molar refractivity (Wildman–Crippen MR) is 79.8 cm³/mol. The third kappa shape index (κ3) is 1.60. The predicted octanol–water partition coefficient (Wildman–Crippen LogP) is 3.82. The molecule has 20 heavy (non-hydrogen) atoms. The van der Waals surface area contributed by atoms with Crippen molar-refractivity contribution in [1.29, 1.82) is 0 Å². The summed E-state index contributed by atoms with van der Waals surface area (Å²) in [5.74, 6) is 2.15. The molecule has 1 aromatic carbocycles. The second kappa shape index (κ2) is 4.24. The highest BCUT2D eigenvalue weighted by molar-refractivity contribution is 5.45. The van der Waals surface area contributed by atoms with Crippen molar-refractivity contribution in [2.45, 2.75) is 57.5 Å². The lowest BCUT2D eigenvalue weighted by atomic mass is 9.55. The van der Waals surface area contributed by atoms with Gasteiger partial charge in [-0.25, -0.2) is 0 Å². The molecule has 2 saturated carbocycles. The van der Waals surface area contributed by atoms with Crippen LogP contribution in [0.2, 0.25) is 0 Å². The summed E-state index contributed by atoms with van der Waals surface area (Å²) in [6.07, 6.45) is 6.92. The fourth-order valence-electron chi connectivity index (χ4n) is 5.55. The lowest BCUT2D eigenvalue weighted by Crippen LogP contribution is -2.43. The molecule has 0 aliphatic heterocycles. The summed E-state index contributed by atoms with van der Waals surface area (Å²) in [5.41, 5.74) is 11.6. The van der Waals surface area contributed by atoms with E-state index in [2.05, 4.69) is 19.1 Å². The van der Waals surface area contributed by atoms with Crippen LogP contribution in [0.15, 0.2) is 18.2 Å². The molecular weight excluding hydrogens is 246 g/mol. The minimum absolute atomic E-state index is 0.0783. The molecule has 2 N–H and O–H groups in total. The van der Waals surface area contributed by atoms with E-state index in [0.717, 1.165) is 18.8 Å². The van der Waals surface area contributed by atoms with Crippen molar-refractivity contribution in [3.63, 3.8) is 0 Å². The van der Waals surface area contributed by atoms with E-state index in [9.17, 15) is 5.11 Å². The topological polar surface area (TPSA) is 44.0 Å². The number of fused-ring (bicyclic) bond motifs is 5. The average Bonchev–Trinajstić information content (AvgIpc) is 2.74. The number of hydrogen-bond donors (Lipinski definition) is 1. The van der Waals surface area contributed by atoms with E-state index in [0.29, 0.717) is 17.5 Å². The Morgan fingerprint density at radius 1 is 1.20 bits per heavy atom. The van der Waals surface area contributed by atoms with E-state index in [1.54, 1.807) is 0 Å². The van der Waals surface area contributed by atoms with Crippen molar-refractivity contribution >= 4 is 5.69 Å². The fraction of sp³-hybridized carbons (Fsp3) is 0.667. The summed E-state index contributed by atoms with van der Waals surface area (Å²) in [5, 5.41) is 10.4. The summed E-state index contributed by atoms with van der Waals surface area (Å²) in [4.78, 5) is 0. The molecule has 3 aliphatic carbocycles. The zero-order valence-electron chi connectivity index (χ0n) is 12.2. The highest BCUT2D eigenvalue weighted by Gasteiger charge is 2.54. The number of aliphatic hydroxyl groups is 1. The molecule has 2 fully saturated rings. The third-order valence-corrected chi connectivity index (χ3v) is 6.68. The number of benzene rings is 1. The van der Waals surface area contributed by atoms with Crippen LogP contribution in [-0.2, 0) is 6.42 Å². The van der Waals surface area contributed by atoms with E-state index in [4.69, 9.17) is 5.73 Å². The molecule has 4 unspecified atom stereocenters. The molecule has 5 atom stereocenters. The Balaban J connectivity index is 1.71. The molecule has 2 nitrogen and oxygen atoms in total. The van der Waals surface area contributed by atoms with Gasteiger partial charge >= 0.3 is 0 Å². The fourth-order valence-corrected chi connectivity index (χ4v) is 5.55. The minimum atomic E-state index is -0.0783. The molecule has 0 heterocycles. The van der Waals surface area contributed by atoms with Gasteiger partial charge in [0, 0.05) is 0 Å². The Morgan fingerprint density at radius 2 is 2.05 bits per heavy atom. The second-order valence-corrected chi connectivity index (χ2v) is 7.47. The molecular formula is C18H24NO. The van der Waals surface area contributed by atoms with Crippen LogP contribution in [0.1, 0.15) is 56.1 Å². The first-order valence-corrected chi connectivity index (χ1v) is 8.12. The highest BCUT2D eigenvalue weighted by Crippen LogP contribution is 2.60. The quantitative estimate of drug-likeness (QED) is 0.765. The standard InChI is InChI=1S/C18H24NO/c1-18-9-8-14-13-5-3-12(19)10-11(13)2-4-15(14)16(18)6-7-17(18)20/h3,5,10,14-17,19-20H,2,4,6-9H2,1H3/t14?,15?,16?,17?,18-/m0/s1. The monoisotopic (exact) mass is 270 g/mol. The second-order valence-electron chi connectivity index (χ2n) is 7.47. The van der Waals surface area contributed by atoms with Crippen LogP contribution in [0.5, 0.6) is 0 Å². The maximum absolute atomic E-state index is 10.4. The average molecular weight is 270 g/mol. The summed E-state index contributed by atoms with van der Waals surface area (Å²) >= 11 is 0. The zero-order chi connectivity index (χ0) is 13.9. The largest absolute Gasteiger partial charge is 0.393 e. The lowest BCUT2D eigenvalue weighted by Gasteiger charge is -2.50. The summed E-state index contributed by atoms with van der Waals surface area (Å²) < 4.78 is 0. The van der Waals surface area contributed by atoms with E-state index in [1.807, 2.05) is 6.07 Å². The van der Waals surface area contributed by atoms with Crippen molar-refractivity contribution in [3.05, 3.63) is 29.3 Å². The first-order valence-electron chi connectivity index (χ1n) is 8.12. The smallest absolute Gasteiger partial charge is 0.0596 e. The summed E-state index contributed by atoms with van der Waals surface area (Å²) in [6, 6.07) is 6.24. The van der Waals surface area contributed by atoms with Crippen LogP contribution in [0.25, 0.3) is 0 Å². The number of aryl methyl sites for hydroxylation is 1. The summed E-state index contributed by atoms with van der Waals surface area (Å²) in [7, 11) is 0. The Bertz CT molecular complexity index is 540. The molecule has 1 radical (unpaired) electrons. The van der Waals surface area contributed by atoms with Gasteiger partial charge < -0.3 is 10.8 Å². The van der Waals surface area contributed by atoms with Crippen molar-refractivity contribution < 1.29 is 5.11 Å². The van der Waals surface area contributed by atoms with Gasteiger partial charge in [-0.1, -0.05) is 13.0 Å². The normalized spacial score (nSPS) is 42.7. The molecule has 2 heteroatoms.